The van der Waals surface area contributed by atoms with Crippen molar-refractivity contribution in [2.75, 3.05) is 43.7 Å². The van der Waals surface area contributed by atoms with Crippen molar-refractivity contribution < 1.29 is 45.8 Å². The predicted octanol–water partition coefficient (Wildman–Crippen LogP) is 3.41. The standard InChI is InChI=1S/C40H46FN3O9S2/c1-28(47)53-38(33-16-18-35(41)19-17-33)23-22-37-39(34-14-10-29(11-15-34)7-5-9-32(26-45)27-46)44(40(37)48)36-20-12-30(13-21-36)6-4-8-31(24-42-54(2,49)50)25-43-55(3,51)52/h10-21,31-32,37-39,42-43,45-46H,8-9,22-27H2,1-3H3/t37-,38+,39-/m1/s1. The molecule has 4 rings (SSSR count). The lowest BCUT2D eigenvalue weighted by Crippen LogP contribution is -2.55. The molecule has 0 aromatic heterocycles. The van der Waals surface area contributed by atoms with Gasteiger partial charge in [-0.3, -0.25) is 9.59 Å². The Bertz CT molecular complexity index is 2080. The number of carbonyl (C=O) groups excluding carboxylic acids is 2. The fourth-order valence-electron chi connectivity index (χ4n) is 6.01. The van der Waals surface area contributed by atoms with Crippen LogP contribution in [0, 0.1) is 47.3 Å². The maximum absolute atomic E-state index is 13.9. The topological polar surface area (TPSA) is 179 Å². The maximum Gasteiger partial charge on any atom is 0.303 e. The van der Waals surface area contributed by atoms with Crippen LogP contribution in [0.5, 0.6) is 0 Å². The van der Waals surface area contributed by atoms with Gasteiger partial charge in [0.15, 0.2) is 0 Å². The van der Waals surface area contributed by atoms with Crippen LogP contribution < -0.4 is 14.3 Å². The van der Waals surface area contributed by atoms with Crippen molar-refractivity contribution in [1.29, 1.82) is 0 Å². The Labute approximate surface area is 322 Å². The Morgan fingerprint density at radius 2 is 1.33 bits per heavy atom. The van der Waals surface area contributed by atoms with Gasteiger partial charge in [0, 0.05) is 68.8 Å². The van der Waals surface area contributed by atoms with Crippen LogP contribution >= 0.6 is 0 Å². The molecule has 1 heterocycles. The minimum Gasteiger partial charge on any atom is -0.458 e. The lowest BCUT2D eigenvalue weighted by molar-refractivity contribution is -0.147. The first-order valence-corrected chi connectivity index (χ1v) is 21.4. The van der Waals surface area contributed by atoms with E-state index in [-0.39, 0.29) is 50.6 Å². The molecule has 0 unspecified atom stereocenters. The SMILES string of the molecule is CC(=O)O[C@@H](CC[C@H]1C(=O)N(c2ccc(C#CCC(CNS(C)(=O)=O)CNS(C)(=O)=O)cc2)[C@@H]1c1ccc(C#CCC(CO)CO)cc1)c1ccc(F)cc1. The highest BCUT2D eigenvalue weighted by molar-refractivity contribution is 7.89. The minimum absolute atomic E-state index is 0.00156. The Balaban J connectivity index is 1.55. The first-order valence-electron chi connectivity index (χ1n) is 17.6. The Hall–Kier alpha value is -4.61. The molecule has 0 saturated carbocycles. The number of ether oxygens (including phenoxy) is 1. The minimum atomic E-state index is -3.49. The van der Waals surface area contributed by atoms with Crippen LogP contribution in [-0.4, -0.2) is 77.7 Å². The summed E-state index contributed by atoms with van der Waals surface area (Å²) in [5, 5.41) is 18.7. The van der Waals surface area contributed by atoms with Gasteiger partial charge in [-0.05, 0) is 78.4 Å². The van der Waals surface area contributed by atoms with Gasteiger partial charge in [-0.1, -0.05) is 47.9 Å². The molecule has 55 heavy (non-hydrogen) atoms. The summed E-state index contributed by atoms with van der Waals surface area (Å²) in [6.07, 6.45) is 2.59. The number of amides is 1. The first kappa shape index (κ1) is 43.1. The number of rotatable bonds is 17. The monoisotopic (exact) mass is 795 g/mol. The van der Waals surface area contributed by atoms with Crippen LogP contribution in [0.15, 0.2) is 72.8 Å². The molecule has 3 aromatic rings. The van der Waals surface area contributed by atoms with Gasteiger partial charge < -0.3 is 19.8 Å². The number of nitrogens with one attached hydrogen (secondary N) is 2. The Kier molecular flexibility index (Phi) is 15.5. The molecule has 1 aliphatic heterocycles. The summed E-state index contributed by atoms with van der Waals surface area (Å²) in [6.45, 7) is 0.969. The number of benzene rings is 3. The Morgan fingerprint density at radius 1 is 0.818 bits per heavy atom. The summed E-state index contributed by atoms with van der Waals surface area (Å²) >= 11 is 0. The summed E-state index contributed by atoms with van der Waals surface area (Å²) in [4.78, 5) is 27.5. The van der Waals surface area contributed by atoms with Crippen molar-refractivity contribution in [2.45, 2.75) is 44.8 Å². The molecule has 0 bridgehead atoms. The van der Waals surface area contributed by atoms with Crippen LogP contribution in [0.1, 0.15) is 67.0 Å². The molecule has 3 aromatic carbocycles. The predicted molar refractivity (Wildman–Crippen MR) is 207 cm³/mol. The maximum atomic E-state index is 13.9. The molecule has 3 atom stereocenters. The number of aliphatic hydroxyl groups excluding tert-OH is 2. The lowest BCUT2D eigenvalue weighted by atomic mass is 9.78. The zero-order valence-electron chi connectivity index (χ0n) is 30.9. The van der Waals surface area contributed by atoms with E-state index < -0.39 is 49.8 Å². The molecule has 1 amide bonds. The summed E-state index contributed by atoms with van der Waals surface area (Å²) in [5.74, 6) is 9.78. The van der Waals surface area contributed by atoms with Gasteiger partial charge in [0.25, 0.3) is 0 Å². The van der Waals surface area contributed by atoms with E-state index in [0.717, 1.165) is 23.6 Å². The summed E-state index contributed by atoms with van der Waals surface area (Å²) in [5.41, 5.74) is 3.45. The number of nitrogens with zero attached hydrogens (tertiary/aromatic N) is 1. The van der Waals surface area contributed by atoms with Gasteiger partial charge in [0.1, 0.15) is 11.9 Å². The van der Waals surface area contributed by atoms with E-state index in [9.17, 15) is 41.0 Å². The number of sulfonamides is 2. The van der Waals surface area contributed by atoms with Crippen molar-refractivity contribution in [3.63, 3.8) is 0 Å². The van der Waals surface area contributed by atoms with Gasteiger partial charge in [-0.25, -0.2) is 30.7 Å². The van der Waals surface area contributed by atoms with Crippen LogP contribution in [0.3, 0.4) is 0 Å². The van der Waals surface area contributed by atoms with Crippen molar-refractivity contribution >= 4 is 37.6 Å². The molecule has 1 fully saturated rings. The molecular formula is C40H46FN3O9S2. The molecular weight excluding hydrogens is 750 g/mol. The van der Waals surface area contributed by atoms with E-state index in [1.807, 2.05) is 24.3 Å². The molecule has 1 saturated heterocycles. The number of β-lactam (4-membered cyclic amide) rings is 1. The molecule has 0 spiro atoms. The van der Waals surface area contributed by atoms with E-state index in [2.05, 4.69) is 33.1 Å². The summed E-state index contributed by atoms with van der Waals surface area (Å²) in [6, 6.07) is 19.9. The Morgan fingerprint density at radius 3 is 1.82 bits per heavy atom. The second-order valence-electron chi connectivity index (χ2n) is 13.5. The smallest absolute Gasteiger partial charge is 0.303 e. The second-order valence-corrected chi connectivity index (χ2v) is 17.2. The number of hydrogen-bond donors (Lipinski definition) is 4. The van der Waals surface area contributed by atoms with Gasteiger partial charge >= 0.3 is 5.97 Å². The molecule has 294 valence electrons. The number of carbonyl (C=O) groups is 2. The van der Waals surface area contributed by atoms with Crippen molar-refractivity contribution in [2.24, 2.45) is 17.8 Å². The van der Waals surface area contributed by atoms with E-state index in [0.29, 0.717) is 36.1 Å². The summed E-state index contributed by atoms with van der Waals surface area (Å²) in [7, 11) is -6.99. The van der Waals surface area contributed by atoms with Gasteiger partial charge in [-0.15, -0.1) is 0 Å². The van der Waals surface area contributed by atoms with Crippen LogP contribution in [0.2, 0.25) is 0 Å². The van der Waals surface area contributed by atoms with Crippen LogP contribution in [-0.2, 0) is 34.4 Å². The number of esters is 1. The third-order valence-corrected chi connectivity index (χ3v) is 10.3. The lowest BCUT2D eigenvalue weighted by Gasteiger charge is -2.48. The molecule has 12 nitrogen and oxygen atoms in total. The third-order valence-electron chi connectivity index (χ3n) is 8.93. The van der Waals surface area contributed by atoms with E-state index >= 15 is 0 Å². The molecule has 0 aliphatic carbocycles. The van der Waals surface area contributed by atoms with Gasteiger partial charge in [0.2, 0.25) is 26.0 Å². The largest absolute Gasteiger partial charge is 0.458 e. The van der Waals surface area contributed by atoms with Gasteiger partial charge in [0.05, 0.1) is 24.5 Å². The highest BCUT2D eigenvalue weighted by Gasteiger charge is 2.48. The third kappa shape index (κ3) is 13.6. The number of halogens is 1. The van der Waals surface area contributed by atoms with Crippen LogP contribution in [0.4, 0.5) is 10.1 Å². The quantitative estimate of drug-likeness (QED) is 0.0906. The average molecular weight is 796 g/mol. The number of hydrogen-bond acceptors (Lipinski definition) is 9. The molecule has 1 aliphatic rings. The van der Waals surface area contributed by atoms with Crippen molar-refractivity contribution in [3.8, 4) is 23.7 Å². The fraction of sp³-hybridized carbons (Fsp3) is 0.400. The average Bonchev–Trinajstić information content (AvgIpc) is 3.13. The van der Waals surface area contributed by atoms with E-state index in [1.54, 1.807) is 41.3 Å². The highest BCUT2D eigenvalue weighted by atomic mass is 32.2. The molecule has 15 heteroatoms. The number of aliphatic hydroxyl groups is 2. The fourth-order valence-corrected chi connectivity index (χ4v) is 7.08. The normalized spacial score (nSPS) is 16.1. The van der Waals surface area contributed by atoms with Gasteiger partial charge in [-0.2, -0.15) is 0 Å². The zero-order chi connectivity index (χ0) is 40.2. The molecule has 4 N–H and O–H groups in total. The number of anilines is 1. The first-order chi connectivity index (χ1) is 26.1. The highest BCUT2D eigenvalue weighted by Crippen LogP contribution is 2.46. The summed E-state index contributed by atoms with van der Waals surface area (Å²) < 4.78 is 70.5. The zero-order valence-corrected chi connectivity index (χ0v) is 32.5. The molecule has 0 radical (unpaired) electrons. The van der Waals surface area contributed by atoms with Crippen LogP contribution in [0.25, 0.3) is 0 Å². The van der Waals surface area contributed by atoms with E-state index in [1.165, 1.54) is 19.1 Å². The van der Waals surface area contributed by atoms with Crippen molar-refractivity contribution in [1.82, 2.24) is 9.44 Å². The van der Waals surface area contributed by atoms with Crippen molar-refractivity contribution in [3.05, 3.63) is 101 Å². The second kappa shape index (κ2) is 19.8. The van der Waals surface area contributed by atoms with E-state index in [4.69, 9.17) is 4.74 Å².